The second kappa shape index (κ2) is 5.25. The van der Waals surface area contributed by atoms with Crippen LogP contribution in [0, 0.1) is 12.3 Å². The summed E-state index contributed by atoms with van der Waals surface area (Å²) in [6, 6.07) is 0. The summed E-state index contributed by atoms with van der Waals surface area (Å²) in [6.07, 6.45) is 4.88. The van der Waals surface area contributed by atoms with E-state index >= 15 is 0 Å². The number of carbonyl (C=O) groups excluding carboxylic acids is 2. The van der Waals surface area contributed by atoms with Crippen molar-refractivity contribution >= 4 is 11.9 Å². The van der Waals surface area contributed by atoms with Crippen LogP contribution in [-0.4, -0.2) is 49.7 Å². The van der Waals surface area contributed by atoms with Crippen molar-refractivity contribution in [3.63, 3.8) is 0 Å². The Morgan fingerprint density at radius 2 is 2.07 bits per heavy atom. The number of amides is 1. The third-order valence-electron chi connectivity index (χ3n) is 1.76. The summed E-state index contributed by atoms with van der Waals surface area (Å²) in [5, 5.41) is 0. The Kier molecular flexibility index (Phi) is 3.95. The first-order chi connectivity index (χ1) is 6.75. The molecule has 0 N–H and O–H groups in total. The van der Waals surface area contributed by atoms with Gasteiger partial charge in [0, 0.05) is 13.1 Å². The second-order valence-corrected chi connectivity index (χ2v) is 2.68. The third kappa shape index (κ3) is 2.75. The first-order valence-electron chi connectivity index (χ1n) is 4.23. The van der Waals surface area contributed by atoms with Gasteiger partial charge in [0.2, 0.25) is 0 Å². The van der Waals surface area contributed by atoms with Gasteiger partial charge in [-0.2, -0.15) is 0 Å². The molecule has 0 atom stereocenters. The molecule has 1 heterocycles. The number of terminal acetylenes is 1. The zero-order valence-electron chi connectivity index (χ0n) is 7.69. The lowest BCUT2D eigenvalue weighted by Gasteiger charge is -2.25. The van der Waals surface area contributed by atoms with Crippen LogP contribution in [-0.2, 0) is 19.1 Å². The van der Waals surface area contributed by atoms with E-state index in [4.69, 9.17) is 11.2 Å². The van der Waals surface area contributed by atoms with E-state index in [-0.39, 0.29) is 6.61 Å². The lowest BCUT2D eigenvalue weighted by molar-refractivity contribution is -0.161. The normalized spacial score (nSPS) is 15.8. The smallest absolute Gasteiger partial charge is 0.397 e. The van der Waals surface area contributed by atoms with E-state index in [9.17, 15) is 9.59 Å². The van der Waals surface area contributed by atoms with Gasteiger partial charge in [-0.05, 0) is 0 Å². The fourth-order valence-electron chi connectivity index (χ4n) is 1.06. The van der Waals surface area contributed by atoms with E-state index < -0.39 is 11.9 Å². The largest absolute Gasteiger partial charge is 0.445 e. The van der Waals surface area contributed by atoms with Crippen molar-refractivity contribution in [3.8, 4) is 12.3 Å². The third-order valence-corrected chi connectivity index (χ3v) is 1.76. The molecular weight excluding hydrogens is 186 g/mol. The standard InChI is InChI=1S/C9H11NO4/c1-2-5-14-9(12)8(11)10-3-6-13-7-4-10/h1H,3-7H2. The predicted molar refractivity (Wildman–Crippen MR) is 47.2 cm³/mol. The molecule has 1 amide bonds. The van der Waals surface area contributed by atoms with Crippen molar-refractivity contribution in [2.75, 3.05) is 32.9 Å². The Morgan fingerprint density at radius 1 is 1.43 bits per heavy atom. The zero-order valence-corrected chi connectivity index (χ0v) is 7.69. The minimum Gasteiger partial charge on any atom is -0.445 e. The lowest BCUT2D eigenvalue weighted by atomic mass is 10.4. The van der Waals surface area contributed by atoms with Crippen molar-refractivity contribution in [2.24, 2.45) is 0 Å². The Balaban J connectivity index is 2.39. The lowest BCUT2D eigenvalue weighted by Crippen LogP contribution is -2.44. The quantitative estimate of drug-likeness (QED) is 0.308. The summed E-state index contributed by atoms with van der Waals surface area (Å²) in [4.78, 5) is 23.8. The fourth-order valence-corrected chi connectivity index (χ4v) is 1.06. The van der Waals surface area contributed by atoms with Crippen LogP contribution in [0.1, 0.15) is 0 Å². The van der Waals surface area contributed by atoms with Gasteiger partial charge < -0.3 is 14.4 Å². The monoisotopic (exact) mass is 197 g/mol. The Labute approximate surface area is 82.0 Å². The number of carbonyl (C=O) groups is 2. The van der Waals surface area contributed by atoms with Gasteiger partial charge in [0.25, 0.3) is 0 Å². The van der Waals surface area contributed by atoms with E-state index in [0.717, 1.165) is 0 Å². The summed E-state index contributed by atoms with van der Waals surface area (Å²) >= 11 is 0. The highest BCUT2D eigenvalue weighted by Crippen LogP contribution is 1.98. The van der Waals surface area contributed by atoms with Gasteiger partial charge in [0.1, 0.15) is 0 Å². The van der Waals surface area contributed by atoms with Crippen LogP contribution < -0.4 is 0 Å². The van der Waals surface area contributed by atoms with Crippen LogP contribution in [0.15, 0.2) is 0 Å². The van der Waals surface area contributed by atoms with Gasteiger partial charge in [-0.25, -0.2) is 4.79 Å². The van der Waals surface area contributed by atoms with Crippen molar-refractivity contribution in [2.45, 2.75) is 0 Å². The molecule has 5 heteroatoms. The molecule has 14 heavy (non-hydrogen) atoms. The highest BCUT2D eigenvalue weighted by Gasteiger charge is 2.24. The van der Waals surface area contributed by atoms with Gasteiger partial charge in [-0.3, -0.25) is 4.79 Å². The molecule has 76 valence electrons. The molecule has 0 aliphatic carbocycles. The highest BCUT2D eigenvalue weighted by molar-refractivity contribution is 6.32. The van der Waals surface area contributed by atoms with Gasteiger partial charge in [-0.15, -0.1) is 6.42 Å². The van der Waals surface area contributed by atoms with Crippen molar-refractivity contribution < 1.29 is 19.1 Å². The number of rotatable bonds is 1. The molecule has 0 spiro atoms. The average molecular weight is 197 g/mol. The minimum atomic E-state index is -0.898. The summed E-state index contributed by atoms with van der Waals surface area (Å²) < 4.78 is 9.53. The predicted octanol–water partition coefficient (Wildman–Crippen LogP) is -0.978. The first-order valence-corrected chi connectivity index (χ1v) is 4.23. The van der Waals surface area contributed by atoms with Gasteiger partial charge in [0.05, 0.1) is 13.2 Å². The molecular formula is C9H11NO4. The number of ether oxygens (including phenoxy) is 2. The maximum atomic E-state index is 11.3. The molecule has 0 aromatic heterocycles. The highest BCUT2D eigenvalue weighted by atomic mass is 16.5. The second-order valence-electron chi connectivity index (χ2n) is 2.68. The van der Waals surface area contributed by atoms with Gasteiger partial charge >= 0.3 is 11.9 Å². The summed E-state index contributed by atoms with van der Waals surface area (Å²) in [6.45, 7) is 1.57. The number of esters is 1. The Bertz CT molecular complexity index is 262. The number of nitrogens with zero attached hydrogens (tertiary/aromatic N) is 1. The van der Waals surface area contributed by atoms with Gasteiger partial charge in [-0.1, -0.05) is 5.92 Å². The molecule has 0 saturated carbocycles. The molecule has 0 aromatic rings. The molecule has 0 radical (unpaired) electrons. The number of hydrogen-bond acceptors (Lipinski definition) is 4. The molecule has 1 saturated heterocycles. The topological polar surface area (TPSA) is 55.8 Å². The molecule has 5 nitrogen and oxygen atoms in total. The van der Waals surface area contributed by atoms with Crippen LogP contribution in [0.2, 0.25) is 0 Å². The number of morpholine rings is 1. The van der Waals surface area contributed by atoms with Crippen molar-refractivity contribution in [1.82, 2.24) is 4.90 Å². The molecule has 0 bridgehead atoms. The van der Waals surface area contributed by atoms with Gasteiger partial charge in [0.15, 0.2) is 6.61 Å². The van der Waals surface area contributed by atoms with E-state index in [0.29, 0.717) is 26.3 Å². The van der Waals surface area contributed by atoms with Crippen LogP contribution in [0.25, 0.3) is 0 Å². The fraction of sp³-hybridized carbons (Fsp3) is 0.556. The van der Waals surface area contributed by atoms with E-state index in [1.165, 1.54) is 4.90 Å². The summed E-state index contributed by atoms with van der Waals surface area (Å²) in [7, 11) is 0. The van der Waals surface area contributed by atoms with Crippen LogP contribution in [0.3, 0.4) is 0 Å². The molecule has 1 aliphatic rings. The zero-order chi connectivity index (χ0) is 10.4. The molecule has 0 unspecified atom stereocenters. The summed E-state index contributed by atoms with van der Waals surface area (Å²) in [5.41, 5.74) is 0. The summed E-state index contributed by atoms with van der Waals surface area (Å²) in [5.74, 6) is 0.570. The van der Waals surface area contributed by atoms with Crippen molar-refractivity contribution in [1.29, 1.82) is 0 Å². The number of hydrogen-bond donors (Lipinski definition) is 0. The first kappa shape index (κ1) is 10.5. The Morgan fingerprint density at radius 3 is 2.64 bits per heavy atom. The molecule has 1 fully saturated rings. The molecule has 1 aliphatic heterocycles. The van der Waals surface area contributed by atoms with E-state index in [1.54, 1.807) is 0 Å². The van der Waals surface area contributed by atoms with Crippen LogP contribution in [0.5, 0.6) is 0 Å². The van der Waals surface area contributed by atoms with E-state index in [2.05, 4.69) is 10.7 Å². The Hall–Kier alpha value is -1.54. The molecule has 0 aromatic carbocycles. The minimum absolute atomic E-state index is 0.172. The van der Waals surface area contributed by atoms with Crippen LogP contribution >= 0.6 is 0 Å². The average Bonchev–Trinajstić information content (AvgIpc) is 2.26. The maximum Gasteiger partial charge on any atom is 0.397 e. The van der Waals surface area contributed by atoms with Crippen molar-refractivity contribution in [3.05, 3.63) is 0 Å². The van der Waals surface area contributed by atoms with E-state index in [1.807, 2.05) is 0 Å². The maximum absolute atomic E-state index is 11.3. The van der Waals surface area contributed by atoms with Crippen LogP contribution in [0.4, 0.5) is 0 Å². The SMILES string of the molecule is C#CCOC(=O)C(=O)N1CCOCC1. The molecule has 1 rings (SSSR count).